The molecule has 0 spiro atoms. The fourth-order valence-corrected chi connectivity index (χ4v) is 0.123. The summed E-state index contributed by atoms with van der Waals surface area (Å²) in [4.78, 5) is 18.9. The van der Waals surface area contributed by atoms with Crippen LogP contribution in [0.25, 0.3) is 0 Å². The van der Waals surface area contributed by atoms with Crippen molar-refractivity contribution in [3.63, 3.8) is 0 Å². The minimum atomic E-state index is -1.58. The van der Waals surface area contributed by atoms with E-state index in [-0.39, 0.29) is 52.6 Å². The topological polar surface area (TPSA) is 83.8 Å². The van der Waals surface area contributed by atoms with Crippen molar-refractivity contribution in [2.45, 2.75) is 0 Å². The molecule has 0 rings (SSSR count). The van der Waals surface area contributed by atoms with Crippen LogP contribution in [0.5, 0.6) is 0 Å². The molecule has 0 radical (unpaired) electrons. The van der Waals surface area contributed by atoms with Gasteiger partial charge in [-0.05, 0) is 0 Å². The molecule has 52 valence electrons. The zero-order chi connectivity index (χ0) is 6.57. The summed E-state index contributed by atoms with van der Waals surface area (Å²) in [5.74, 6) is -1.30. The molecule has 0 aliphatic rings. The van der Waals surface area contributed by atoms with Gasteiger partial charge in [0.1, 0.15) is 0 Å². The Kier molecular flexibility index (Phi) is 16.0. The number of ether oxygens (including phenoxy) is 1. The predicted molar refractivity (Wildman–Crippen MR) is 37.3 cm³/mol. The van der Waals surface area contributed by atoms with E-state index in [9.17, 15) is 9.59 Å². The first kappa shape index (κ1) is 16.9. The molecule has 0 aromatic rings. The number of hydrogen-bond acceptors (Lipinski definition) is 3. The number of carboxylic acids is 1. The van der Waals surface area contributed by atoms with Gasteiger partial charge in [-0.15, -0.1) is 0 Å². The van der Waals surface area contributed by atoms with E-state index >= 15 is 0 Å². The molecule has 0 saturated heterocycles. The number of hydrogen-bond donors (Lipinski definition) is 2. The van der Waals surface area contributed by atoms with Gasteiger partial charge in [-0.1, -0.05) is 0 Å². The Hall–Kier alpha value is 0.506. The molecular formula is C3H7MgNaO5. The second kappa shape index (κ2) is 9.51. The van der Waals surface area contributed by atoms with Crippen molar-refractivity contribution in [2.24, 2.45) is 0 Å². The summed E-state index contributed by atoms with van der Waals surface area (Å²) in [5, 5.41) is 15.5. The number of aliphatic carboxylic acids is 1. The molecule has 0 heterocycles. The van der Waals surface area contributed by atoms with Crippen molar-refractivity contribution in [1.29, 1.82) is 0 Å². The molecule has 0 aliphatic heterocycles. The molecular weight excluding hydrogens is 163 g/mol. The Morgan fingerprint density at radius 1 is 1.30 bits per heavy atom. The van der Waals surface area contributed by atoms with E-state index in [0.717, 1.165) is 0 Å². The van der Waals surface area contributed by atoms with Gasteiger partial charge >= 0.3 is 64.7 Å². The van der Waals surface area contributed by atoms with Gasteiger partial charge in [0, 0.05) is 0 Å². The van der Waals surface area contributed by atoms with Crippen LogP contribution in [0.1, 0.15) is 0 Å². The third kappa shape index (κ3) is 15.8. The van der Waals surface area contributed by atoms with E-state index in [1.165, 1.54) is 0 Å². The standard InChI is InChI=1S/C3H4O5.Mg.Na.3H/c4-2(5)1-8-3(6)7;;;;;/h1H2,(H,4,5)(H,6,7);;;;;. The van der Waals surface area contributed by atoms with Crippen LogP contribution in [0.2, 0.25) is 0 Å². The van der Waals surface area contributed by atoms with Gasteiger partial charge in [-0.25, -0.2) is 9.59 Å². The van der Waals surface area contributed by atoms with E-state index in [1.807, 2.05) is 0 Å². The molecule has 0 saturated carbocycles. The van der Waals surface area contributed by atoms with E-state index in [1.54, 1.807) is 0 Å². The third-order valence-corrected chi connectivity index (χ3v) is 0.319. The summed E-state index contributed by atoms with van der Waals surface area (Å²) in [5.41, 5.74) is 0. The van der Waals surface area contributed by atoms with E-state index in [0.29, 0.717) is 0 Å². The second-order valence-corrected chi connectivity index (χ2v) is 0.948. The summed E-state index contributed by atoms with van der Waals surface area (Å²) >= 11 is 0. The first-order valence-electron chi connectivity index (χ1n) is 1.70. The molecule has 0 aromatic carbocycles. The molecule has 0 unspecified atom stereocenters. The van der Waals surface area contributed by atoms with Crippen LogP contribution in [0.15, 0.2) is 0 Å². The zero-order valence-corrected chi connectivity index (χ0v) is 3.83. The number of carbonyl (C=O) groups is 2. The first-order valence-corrected chi connectivity index (χ1v) is 1.70. The Labute approximate surface area is 95.2 Å². The van der Waals surface area contributed by atoms with Crippen molar-refractivity contribution in [2.75, 3.05) is 6.61 Å². The van der Waals surface area contributed by atoms with Crippen molar-refractivity contribution in [3.8, 4) is 0 Å². The Morgan fingerprint density at radius 2 is 1.70 bits per heavy atom. The average Bonchev–Trinajstić information content (AvgIpc) is 1.61. The molecule has 0 bridgehead atoms. The van der Waals surface area contributed by atoms with Crippen LogP contribution in [-0.2, 0) is 9.53 Å². The summed E-state index contributed by atoms with van der Waals surface area (Å²) in [6.07, 6.45) is -1.58. The van der Waals surface area contributed by atoms with Gasteiger partial charge in [-0.3, -0.25) is 0 Å². The van der Waals surface area contributed by atoms with Crippen molar-refractivity contribution < 1.29 is 24.5 Å². The van der Waals surface area contributed by atoms with Crippen LogP contribution in [-0.4, -0.2) is 81.6 Å². The summed E-state index contributed by atoms with van der Waals surface area (Å²) < 4.78 is 3.62. The van der Waals surface area contributed by atoms with Gasteiger partial charge in [0.25, 0.3) is 0 Å². The molecule has 0 atom stereocenters. The van der Waals surface area contributed by atoms with Crippen LogP contribution in [0.3, 0.4) is 0 Å². The van der Waals surface area contributed by atoms with Crippen LogP contribution in [0, 0.1) is 0 Å². The molecule has 2 N–H and O–H groups in total. The fraction of sp³-hybridized carbons (Fsp3) is 0.333. The molecule has 5 nitrogen and oxygen atoms in total. The van der Waals surface area contributed by atoms with Crippen molar-refractivity contribution in [3.05, 3.63) is 0 Å². The first-order chi connectivity index (χ1) is 3.63. The van der Waals surface area contributed by atoms with E-state index < -0.39 is 18.7 Å². The molecule has 0 aromatic heterocycles. The molecule has 10 heavy (non-hydrogen) atoms. The van der Waals surface area contributed by atoms with Gasteiger partial charge < -0.3 is 14.9 Å². The van der Waals surface area contributed by atoms with Gasteiger partial charge in [0.2, 0.25) is 0 Å². The van der Waals surface area contributed by atoms with Crippen LogP contribution < -0.4 is 0 Å². The Bertz CT molecular complexity index is 101. The average molecular weight is 170 g/mol. The van der Waals surface area contributed by atoms with Gasteiger partial charge in [0.05, 0.1) is 0 Å². The van der Waals surface area contributed by atoms with Gasteiger partial charge in [-0.2, -0.15) is 0 Å². The Balaban J connectivity index is -0.000000245. The predicted octanol–water partition coefficient (Wildman–Crippen LogP) is -1.80. The fourth-order valence-electron chi connectivity index (χ4n) is 0.123. The normalized spacial score (nSPS) is 6.40. The number of rotatable bonds is 2. The van der Waals surface area contributed by atoms with E-state index in [4.69, 9.17) is 10.2 Å². The molecule has 0 fully saturated rings. The summed E-state index contributed by atoms with van der Waals surface area (Å²) in [6.45, 7) is -0.796. The minimum absolute atomic E-state index is 0. The van der Waals surface area contributed by atoms with Gasteiger partial charge in [0.15, 0.2) is 6.61 Å². The zero-order valence-electron chi connectivity index (χ0n) is 3.83. The second-order valence-electron chi connectivity index (χ2n) is 0.948. The summed E-state index contributed by atoms with van der Waals surface area (Å²) in [7, 11) is 0. The maximum atomic E-state index is 9.52. The maximum absolute atomic E-state index is 9.52. The molecule has 0 amide bonds. The quantitative estimate of drug-likeness (QED) is 0.377. The van der Waals surface area contributed by atoms with Crippen molar-refractivity contribution >= 4 is 64.7 Å². The molecule has 0 aliphatic carbocycles. The monoisotopic (exact) mass is 170 g/mol. The molecule has 7 heteroatoms. The van der Waals surface area contributed by atoms with Crippen LogP contribution in [0.4, 0.5) is 4.79 Å². The number of carboxylic acid groups (broad SMARTS) is 2. The van der Waals surface area contributed by atoms with Crippen molar-refractivity contribution in [1.82, 2.24) is 0 Å². The van der Waals surface area contributed by atoms with E-state index in [2.05, 4.69) is 4.74 Å². The third-order valence-electron chi connectivity index (χ3n) is 0.319. The summed E-state index contributed by atoms with van der Waals surface area (Å²) in [6, 6.07) is 0. The SMILES string of the molecule is O=C(O)COC(=O)O.[MgH2].[NaH]. The Morgan fingerprint density at radius 3 is 1.80 bits per heavy atom. The van der Waals surface area contributed by atoms with Crippen LogP contribution >= 0.6 is 0 Å².